The van der Waals surface area contributed by atoms with E-state index in [0.717, 1.165) is 4.60 Å². The highest BCUT2D eigenvalue weighted by molar-refractivity contribution is 9.10. The summed E-state index contributed by atoms with van der Waals surface area (Å²) in [5.74, 6) is 0.573. The molecule has 1 heterocycles. The molecule has 0 bridgehead atoms. The van der Waals surface area contributed by atoms with E-state index < -0.39 is 9.84 Å². The first-order valence-electron chi connectivity index (χ1n) is 3.81. The van der Waals surface area contributed by atoms with Crippen molar-refractivity contribution in [2.45, 2.75) is 19.2 Å². The summed E-state index contributed by atoms with van der Waals surface area (Å²) in [6, 6.07) is 0. The highest BCUT2D eigenvalue weighted by atomic mass is 79.9. The molecule has 0 aliphatic carbocycles. The molecule has 0 aromatic carbocycles. The molecule has 0 saturated carbocycles. The van der Waals surface area contributed by atoms with Crippen molar-refractivity contribution in [1.82, 2.24) is 9.55 Å². The fraction of sp³-hybridized carbons (Fsp3) is 0.571. The summed E-state index contributed by atoms with van der Waals surface area (Å²) in [5, 5.41) is 0. The lowest BCUT2D eigenvalue weighted by atomic mass is 10.6. The third-order valence-electron chi connectivity index (χ3n) is 1.60. The molecule has 13 heavy (non-hydrogen) atoms. The molecule has 4 nitrogen and oxygen atoms in total. The van der Waals surface area contributed by atoms with Crippen LogP contribution in [-0.4, -0.2) is 24.2 Å². The molecule has 74 valence electrons. The molecule has 0 atom stereocenters. The van der Waals surface area contributed by atoms with Crippen LogP contribution in [0, 0.1) is 0 Å². The molecular weight excluding hydrogens is 256 g/mol. The van der Waals surface area contributed by atoms with E-state index in [1.165, 1.54) is 6.26 Å². The predicted octanol–water partition coefficient (Wildman–Crippen LogP) is 1.21. The quantitative estimate of drug-likeness (QED) is 0.827. The molecule has 0 aliphatic rings. The average molecular weight is 267 g/mol. The van der Waals surface area contributed by atoms with Gasteiger partial charge in [-0.1, -0.05) is 0 Å². The Hall–Kier alpha value is -0.360. The normalized spacial score (nSPS) is 11.9. The van der Waals surface area contributed by atoms with Gasteiger partial charge >= 0.3 is 0 Å². The highest BCUT2D eigenvalue weighted by Crippen LogP contribution is 2.13. The molecule has 6 heteroatoms. The second kappa shape index (κ2) is 3.79. The predicted molar refractivity (Wildman–Crippen MR) is 54.1 cm³/mol. The van der Waals surface area contributed by atoms with Crippen LogP contribution in [0.1, 0.15) is 12.7 Å². The summed E-state index contributed by atoms with van der Waals surface area (Å²) >= 11 is 3.29. The van der Waals surface area contributed by atoms with Crippen LogP contribution in [0.25, 0.3) is 0 Å². The first-order chi connectivity index (χ1) is 5.94. The van der Waals surface area contributed by atoms with E-state index >= 15 is 0 Å². The number of imidazole rings is 1. The maximum absolute atomic E-state index is 11.0. The van der Waals surface area contributed by atoms with Gasteiger partial charge in [-0.2, -0.15) is 0 Å². The molecule has 0 spiro atoms. The third-order valence-corrected chi connectivity index (χ3v) is 3.01. The number of hydrogen-bond acceptors (Lipinski definition) is 3. The van der Waals surface area contributed by atoms with Crippen LogP contribution in [0.15, 0.2) is 10.8 Å². The standard InChI is InChI=1S/C7H11BrN2O2S/c1-3-10-6(8)4-9-7(10)5-13(2,11)12/h4H,3,5H2,1-2H3. The minimum Gasteiger partial charge on any atom is -0.322 e. The molecule has 0 saturated heterocycles. The summed E-state index contributed by atoms with van der Waals surface area (Å²) in [6.07, 6.45) is 2.82. The first kappa shape index (κ1) is 10.7. The number of halogens is 1. The van der Waals surface area contributed by atoms with E-state index in [1.807, 2.05) is 11.5 Å². The van der Waals surface area contributed by atoms with Gasteiger partial charge in [0.2, 0.25) is 0 Å². The van der Waals surface area contributed by atoms with Crippen LogP contribution in [0.5, 0.6) is 0 Å². The second-order valence-electron chi connectivity index (χ2n) is 2.81. The highest BCUT2D eigenvalue weighted by Gasteiger charge is 2.11. The van der Waals surface area contributed by atoms with Gasteiger partial charge in [0.1, 0.15) is 16.2 Å². The molecule has 1 rings (SSSR count). The number of aromatic nitrogens is 2. The van der Waals surface area contributed by atoms with E-state index in [-0.39, 0.29) is 5.75 Å². The fourth-order valence-corrected chi connectivity index (χ4v) is 2.33. The van der Waals surface area contributed by atoms with Gasteiger partial charge in [0.05, 0.1) is 6.20 Å². The largest absolute Gasteiger partial charge is 0.322 e. The Labute approximate surface area is 86.0 Å². The molecule has 0 aliphatic heterocycles. The molecule has 0 fully saturated rings. The average Bonchev–Trinajstić information content (AvgIpc) is 2.28. The fourth-order valence-electron chi connectivity index (χ4n) is 1.07. The van der Waals surface area contributed by atoms with E-state index in [9.17, 15) is 8.42 Å². The maximum Gasteiger partial charge on any atom is 0.154 e. The SMILES string of the molecule is CCn1c(Br)cnc1CS(C)(=O)=O. The van der Waals surface area contributed by atoms with Crippen LogP contribution < -0.4 is 0 Å². The summed E-state index contributed by atoms with van der Waals surface area (Å²) in [5.41, 5.74) is 0. The summed E-state index contributed by atoms with van der Waals surface area (Å²) in [4.78, 5) is 4.01. The number of hydrogen-bond donors (Lipinski definition) is 0. The zero-order chi connectivity index (χ0) is 10.1. The third kappa shape index (κ3) is 2.80. The van der Waals surface area contributed by atoms with Crippen LogP contribution in [0.2, 0.25) is 0 Å². The Morgan fingerprint density at radius 3 is 2.69 bits per heavy atom. The summed E-state index contributed by atoms with van der Waals surface area (Å²) in [6.45, 7) is 2.66. The smallest absolute Gasteiger partial charge is 0.154 e. The first-order valence-corrected chi connectivity index (χ1v) is 6.67. The van der Waals surface area contributed by atoms with Gasteiger partial charge < -0.3 is 4.57 Å². The van der Waals surface area contributed by atoms with Crippen molar-refractivity contribution >= 4 is 25.8 Å². The lowest BCUT2D eigenvalue weighted by molar-refractivity contribution is 0.596. The van der Waals surface area contributed by atoms with Crippen molar-refractivity contribution in [3.8, 4) is 0 Å². The van der Waals surface area contributed by atoms with Crippen molar-refractivity contribution < 1.29 is 8.42 Å². The number of nitrogens with zero attached hydrogens (tertiary/aromatic N) is 2. The molecule has 0 radical (unpaired) electrons. The van der Waals surface area contributed by atoms with Crippen molar-refractivity contribution in [3.05, 3.63) is 16.6 Å². The lowest BCUT2D eigenvalue weighted by Crippen LogP contribution is -2.08. The van der Waals surface area contributed by atoms with E-state index in [4.69, 9.17) is 0 Å². The zero-order valence-electron chi connectivity index (χ0n) is 7.49. The van der Waals surface area contributed by atoms with Gasteiger partial charge in [-0.25, -0.2) is 13.4 Å². The van der Waals surface area contributed by atoms with Gasteiger partial charge in [0.25, 0.3) is 0 Å². The molecule has 1 aromatic heterocycles. The van der Waals surface area contributed by atoms with Gasteiger partial charge in [-0.15, -0.1) is 0 Å². The van der Waals surface area contributed by atoms with E-state index in [2.05, 4.69) is 20.9 Å². The Morgan fingerprint density at radius 2 is 2.23 bits per heavy atom. The summed E-state index contributed by atoms with van der Waals surface area (Å²) in [7, 11) is -3.00. The molecule has 0 unspecified atom stereocenters. The van der Waals surface area contributed by atoms with Gasteiger partial charge in [-0.3, -0.25) is 0 Å². The van der Waals surface area contributed by atoms with E-state index in [0.29, 0.717) is 12.4 Å². The Morgan fingerprint density at radius 1 is 1.62 bits per heavy atom. The van der Waals surface area contributed by atoms with Gasteiger partial charge in [0.15, 0.2) is 9.84 Å². The maximum atomic E-state index is 11.0. The van der Waals surface area contributed by atoms with Crippen molar-refractivity contribution in [2.75, 3.05) is 6.26 Å². The van der Waals surface area contributed by atoms with Crippen molar-refractivity contribution in [1.29, 1.82) is 0 Å². The minimum atomic E-state index is -3.00. The zero-order valence-corrected chi connectivity index (χ0v) is 9.89. The number of rotatable bonds is 3. The Kier molecular flexibility index (Phi) is 3.13. The Balaban J connectivity index is 3.02. The molecule has 0 N–H and O–H groups in total. The number of sulfone groups is 1. The van der Waals surface area contributed by atoms with E-state index in [1.54, 1.807) is 6.20 Å². The minimum absolute atomic E-state index is 0.00750. The molecule has 0 amide bonds. The second-order valence-corrected chi connectivity index (χ2v) is 5.76. The van der Waals surface area contributed by atoms with Crippen molar-refractivity contribution in [2.24, 2.45) is 0 Å². The van der Waals surface area contributed by atoms with Crippen molar-refractivity contribution in [3.63, 3.8) is 0 Å². The Bertz CT molecular complexity index is 397. The summed E-state index contributed by atoms with van der Waals surface area (Å²) < 4.78 is 24.7. The van der Waals surface area contributed by atoms with Crippen LogP contribution in [0.3, 0.4) is 0 Å². The molecule has 1 aromatic rings. The van der Waals surface area contributed by atoms with Crippen LogP contribution >= 0.6 is 15.9 Å². The molecular formula is C7H11BrN2O2S. The van der Waals surface area contributed by atoms with Crippen LogP contribution in [-0.2, 0) is 22.1 Å². The monoisotopic (exact) mass is 266 g/mol. The van der Waals surface area contributed by atoms with Gasteiger partial charge in [-0.05, 0) is 22.9 Å². The topological polar surface area (TPSA) is 52.0 Å². The van der Waals surface area contributed by atoms with Gasteiger partial charge in [0, 0.05) is 12.8 Å². The van der Waals surface area contributed by atoms with Crippen LogP contribution in [0.4, 0.5) is 0 Å². The lowest BCUT2D eigenvalue weighted by Gasteiger charge is -2.04.